The normalized spacial score (nSPS) is 31.2. The standard InChI is InChI=1S/C18H29N7O2/c19-8-14-9-25(22-21-14)10-15-7-13-3-6-24(15)11-16(13)18(27)23-4-1-12(2-5-23)17(20)26/h9,12-13,15-16H,1-8,10-11,19H2,(H2,20,26)/p+2/t13-,15-,16+/m1/s1. The van der Waals surface area contributed by atoms with E-state index in [9.17, 15) is 9.59 Å². The van der Waals surface area contributed by atoms with Crippen molar-refractivity contribution in [3.63, 3.8) is 0 Å². The number of hydrogen-bond acceptors (Lipinski definition) is 4. The van der Waals surface area contributed by atoms with Gasteiger partial charge in [0, 0.05) is 31.8 Å². The van der Waals surface area contributed by atoms with Crippen molar-refractivity contribution in [1.29, 1.82) is 0 Å². The van der Waals surface area contributed by atoms with Crippen molar-refractivity contribution >= 4 is 11.8 Å². The molecule has 4 fully saturated rings. The first-order chi connectivity index (χ1) is 13.0. The molecule has 2 amide bonds. The molecule has 0 spiro atoms. The van der Waals surface area contributed by atoms with Crippen LogP contribution in [-0.2, 0) is 22.7 Å². The lowest BCUT2D eigenvalue weighted by atomic mass is 9.74. The van der Waals surface area contributed by atoms with Gasteiger partial charge in [-0.3, -0.25) is 9.59 Å². The Kier molecular flexibility index (Phi) is 5.14. The number of amides is 2. The summed E-state index contributed by atoms with van der Waals surface area (Å²) in [5, 5.41) is 8.35. The molecule has 9 heteroatoms. The first-order valence-corrected chi connectivity index (χ1v) is 10.2. The summed E-state index contributed by atoms with van der Waals surface area (Å²) >= 11 is 0. The monoisotopic (exact) mass is 377 g/mol. The first-order valence-electron chi connectivity index (χ1n) is 10.2. The molecule has 5 heterocycles. The van der Waals surface area contributed by atoms with Crippen LogP contribution < -0.4 is 16.4 Å². The second-order valence-electron chi connectivity index (χ2n) is 8.38. The van der Waals surface area contributed by atoms with Gasteiger partial charge in [-0.2, -0.15) is 0 Å². The molecule has 0 aliphatic carbocycles. The van der Waals surface area contributed by atoms with Crippen molar-refractivity contribution in [2.75, 3.05) is 26.2 Å². The number of nitrogens with one attached hydrogen (secondary N) is 1. The zero-order chi connectivity index (χ0) is 19.0. The van der Waals surface area contributed by atoms with Crippen LogP contribution in [0.15, 0.2) is 6.20 Å². The molecule has 5 rings (SSSR count). The maximum atomic E-state index is 13.1. The van der Waals surface area contributed by atoms with E-state index in [1.54, 1.807) is 0 Å². The fraction of sp³-hybridized carbons (Fsp3) is 0.778. The average molecular weight is 377 g/mol. The molecular formula is C18H31N7O2+2. The molecule has 0 saturated carbocycles. The SMILES string of the molecule is NC(=O)C1CCN(C(=O)[C@H]2C[NH+]3CC[C@@H]2C[C@@H]3Cn2cc(C[NH3+])nn2)CC1. The Hall–Kier alpha value is -2.00. The number of likely N-dealkylation sites (tertiary alicyclic amines) is 1. The molecule has 9 nitrogen and oxygen atoms in total. The number of carbonyl (C=O) groups excluding carboxylic acids is 2. The fourth-order valence-electron chi connectivity index (χ4n) is 5.19. The molecule has 0 radical (unpaired) electrons. The zero-order valence-corrected chi connectivity index (χ0v) is 15.8. The highest BCUT2D eigenvalue weighted by molar-refractivity contribution is 5.80. The molecule has 4 atom stereocenters. The molecular weight excluding hydrogens is 346 g/mol. The van der Waals surface area contributed by atoms with Crippen molar-refractivity contribution in [3.05, 3.63) is 11.9 Å². The van der Waals surface area contributed by atoms with E-state index in [1.807, 2.05) is 15.8 Å². The van der Waals surface area contributed by atoms with Gasteiger partial charge in [-0.05, 0) is 18.8 Å². The van der Waals surface area contributed by atoms with Gasteiger partial charge in [0.2, 0.25) is 11.8 Å². The Bertz CT molecular complexity index is 698. The fourth-order valence-corrected chi connectivity index (χ4v) is 5.19. The maximum Gasteiger partial charge on any atom is 0.231 e. The van der Waals surface area contributed by atoms with Crippen LogP contribution in [0.25, 0.3) is 0 Å². The minimum Gasteiger partial charge on any atom is -0.369 e. The van der Waals surface area contributed by atoms with Crippen molar-refractivity contribution < 1.29 is 20.2 Å². The van der Waals surface area contributed by atoms with Crippen LogP contribution in [0.5, 0.6) is 0 Å². The largest absolute Gasteiger partial charge is 0.369 e. The molecule has 0 aromatic carbocycles. The summed E-state index contributed by atoms with van der Waals surface area (Å²) in [6.07, 6.45) is 5.60. The van der Waals surface area contributed by atoms with Gasteiger partial charge in [-0.1, -0.05) is 5.21 Å². The van der Waals surface area contributed by atoms with Crippen LogP contribution >= 0.6 is 0 Å². The first kappa shape index (κ1) is 18.4. The van der Waals surface area contributed by atoms with Gasteiger partial charge in [0.15, 0.2) is 0 Å². The van der Waals surface area contributed by atoms with E-state index in [0.29, 0.717) is 50.3 Å². The van der Waals surface area contributed by atoms with E-state index in [2.05, 4.69) is 16.0 Å². The van der Waals surface area contributed by atoms with Gasteiger partial charge in [0.05, 0.1) is 31.7 Å². The summed E-state index contributed by atoms with van der Waals surface area (Å²) in [4.78, 5) is 27.9. The van der Waals surface area contributed by atoms with E-state index >= 15 is 0 Å². The van der Waals surface area contributed by atoms with Crippen molar-refractivity contribution in [3.8, 4) is 0 Å². The summed E-state index contributed by atoms with van der Waals surface area (Å²) in [5.41, 5.74) is 10.2. The Morgan fingerprint density at radius 1 is 1.30 bits per heavy atom. The molecule has 1 aromatic rings. The number of rotatable bonds is 5. The second kappa shape index (κ2) is 7.55. The maximum absolute atomic E-state index is 13.1. The molecule has 4 saturated heterocycles. The smallest absolute Gasteiger partial charge is 0.231 e. The Labute approximate surface area is 159 Å². The molecule has 6 N–H and O–H groups in total. The van der Waals surface area contributed by atoms with Gasteiger partial charge < -0.3 is 21.3 Å². The predicted octanol–water partition coefficient (Wildman–Crippen LogP) is -2.96. The van der Waals surface area contributed by atoms with Gasteiger partial charge >= 0.3 is 0 Å². The van der Waals surface area contributed by atoms with Gasteiger partial charge in [-0.25, -0.2) is 4.68 Å². The van der Waals surface area contributed by atoms with Crippen LogP contribution in [0, 0.1) is 17.8 Å². The van der Waals surface area contributed by atoms with Gasteiger partial charge in [0.25, 0.3) is 0 Å². The number of primary amides is 1. The number of aromatic nitrogens is 3. The number of piperidine rings is 4. The molecule has 148 valence electrons. The van der Waals surface area contributed by atoms with E-state index < -0.39 is 0 Å². The molecule has 1 aromatic heterocycles. The minimum absolute atomic E-state index is 0.0681. The number of fused-ring (bicyclic) bond motifs is 3. The highest BCUT2D eigenvalue weighted by Gasteiger charge is 2.48. The third kappa shape index (κ3) is 3.70. The highest BCUT2D eigenvalue weighted by atomic mass is 16.2. The number of quaternary nitrogens is 2. The summed E-state index contributed by atoms with van der Waals surface area (Å²) in [5.74, 6) is 0.582. The molecule has 1 unspecified atom stereocenters. The van der Waals surface area contributed by atoms with Crippen molar-refractivity contribution in [2.45, 2.75) is 44.8 Å². The topological polar surface area (TPSA) is 126 Å². The summed E-state index contributed by atoms with van der Waals surface area (Å²) in [6.45, 7) is 4.92. The number of hydrogen-bond donors (Lipinski definition) is 3. The number of carbonyl (C=O) groups is 2. The third-order valence-electron chi connectivity index (χ3n) is 6.83. The molecule has 4 aliphatic rings. The molecule has 2 bridgehead atoms. The number of nitrogens with zero attached hydrogens (tertiary/aromatic N) is 4. The van der Waals surface area contributed by atoms with E-state index in [0.717, 1.165) is 38.2 Å². The predicted molar refractivity (Wildman–Crippen MR) is 95.8 cm³/mol. The van der Waals surface area contributed by atoms with E-state index in [1.165, 1.54) is 4.90 Å². The minimum atomic E-state index is -0.229. The number of nitrogens with two attached hydrogens (primary N) is 1. The quantitative estimate of drug-likeness (QED) is 0.507. The lowest BCUT2D eigenvalue weighted by Crippen LogP contribution is -3.20. The summed E-state index contributed by atoms with van der Waals surface area (Å²) in [7, 11) is 0. The highest BCUT2D eigenvalue weighted by Crippen LogP contribution is 2.30. The van der Waals surface area contributed by atoms with Crippen LogP contribution in [0.3, 0.4) is 0 Å². The van der Waals surface area contributed by atoms with E-state index in [4.69, 9.17) is 5.73 Å². The lowest BCUT2D eigenvalue weighted by molar-refractivity contribution is -0.945. The van der Waals surface area contributed by atoms with Crippen LogP contribution in [0.2, 0.25) is 0 Å². The van der Waals surface area contributed by atoms with Crippen molar-refractivity contribution in [2.24, 2.45) is 23.5 Å². The van der Waals surface area contributed by atoms with Crippen LogP contribution in [-0.4, -0.2) is 63.9 Å². The Morgan fingerprint density at radius 3 is 2.67 bits per heavy atom. The van der Waals surface area contributed by atoms with Gasteiger partial charge in [0.1, 0.15) is 18.3 Å². The molecule has 27 heavy (non-hydrogen) atoms. The van der Waals surface area contributed by atoms with Crippen LogP contribution in [0.1, 0.15) is 31.4 Å². The van der Waals surface area contributed by atoms with E-state index in [-0.39, 0.29) is 17.7 Å². The molecule has 4 aliphatic heterocycles. The average Bonchev–Trinajstić information content (AvgIpc) is 3.15. The third-order valence-corrected chi connectivity index (χ3v) is 6.83. The second-order valence-corrected chi connectivity index (χ2v) is 8.38. The Morgan fingerprint density at radius 2 is 2.07 bits per heavy atom. The van der Waals surface area contributed by atoms with Crippen LogP contribution in [0.4, 0.5) is 0 Å². The van der Waals surface area contributed by atoms with Crippen molar-refractivity contribution in [1.82, 2.24) is 19.9 Å². The Balaban J connectivity index is 1.34. The summed E-state index contributed by atoms with van der Waals surface area (Å²) < 4.78 is 1.93. The zero-order valence-electron chi connectivity index (χ0n) is 15.8. The van der Waals surface area contributed by atoms with Gasteiger partial charge in [-0.15, -0.1) is 5.10 Å². The lowest BCUT2D eigenvalue weighted by Gasteiger charge is -2.47. The summed E-state index contributed by atoms with van der Waals surface area (Å²) in [6, 6.07) is 0.507.